The van der Waals surface area contributed by atoms with Crippen LogP contribution in [0.2, 0.25) is 0 Å². The number of benzene rings is 1. The lowest BCUT2D eigenvalue weighted by molar-refractivity contribution is -0.0597. The van der Waals surface area contributed by atoms with Crippen LogP contribution in [0.4, 0.5) is 0 Å². The average molecular weight is 283 g/mol. The van der Waals surface area contributed by atoms with Crippen LogP contribution < -0.4 is 5.73 Å². The first-order chi connectivity index (χ1) is 10.3. The molecule has 21 heavy (non-hydrogen) atoms. The van der Waals surface area contributed by atoms with Gasteiger partial charge < -0.3 is 10.5 Å². The summed E-state index contributed by atoms with van der Waals surface area (Å²) in [4.78, 5) is 7.04. The summed E-state index contributed by atoms with van der Waals surface area (Å²) in [5, 5.41) is 1.14. The fourth-order valence-corrected chi connectivity index (χ4v) is 3.54. The number of hydrogen-bond acceptors (Lipinski definition) is 4. The molecule has 0 radical (unpaired) electrons. The number of nitrogens with two attached hydrogens (primary N) is 1. The van der Waals surface area contributed by atoms with Crippen LogP contribution in [0.15, 0.2) is 36.5 Å². The molecule has 2 aromatic rings. The van der Waals surface area contributed by atoms with E-state index in [-0.39, 0.29) is 12.1 Å². The van der Waals surface area contributed by atoms with Gasteiger partial charge in [-0.2, -0.15) is 0 Å². The molecule has 2 aliphatic heterocycles. The van der Waals surface area contributed by atoms with Gasteiger partial charge in [-0.3, -0.25) is 9.88 Å². The highest BCUT2D eigenvalue weighted by atomic mass is 16.5. The van der Waals surface area contributed by atoms with E-state index in [9.17, 15) is 0 Å². The van der Waals surface area contributed by atoms with Crippen molar-refractivity contribution in [2.24, 2.45) is 5.73 Å². The van der Waals surface area contributed by atoms with E-state index < -0.39 is 0 Å². The zero-order valence-electron chi connectivity index (χ0n) is 12.1. The molecule has 110 valence electrons. The Balaban J connectivity index is 1.56. The van der Waals surface area contributed by atoms with Crippen molar-refractivity contribution < 1.29 is 4.74 Å². The third-order valence-corrected chi connectivity index (χ3v) is 4.81. The largest absolute Gasteiger partial charge is 0.373 e. The predicted octanol–water partition coefficient (Wildman–Crippen LogP) is 2.10. The first kappa shape index (κ1) is 13.2. The molecule has 3 heterocycles. The molecule has 0 amide bonds. The Kier molecular flexibility index (Phi) is 3.37. The molecule has 1 aromatic carbocycles. The van der Waals surface area contributed by atoms with Crippen LogP contribution in [0.5, 0.6) is 0 Å². The van der Waals surface area contributed by atoms with Crippen molar-refractivity contribution in [3.63, 3.8) is 0 Å². The van der Waals surface area contributed by atoms with Gasteiger partial charge in [0.2, 0.25) is 0 Å². The van der Waals surface area contributed by atoms with Crippen LogP contribution in [0.1, 0.15) is 24.4 Å². The Labute approximate surface area is 124 Å². The molecule has 4 heteroatoms. The van der Waals surface area contributed by atoms with Gasteiger partial charge in [0.05, 0.1) is 24.3 Å². The van der Waals surface area contributed by atoms with Crippen LogP contribution in [-0.4, -0.2) is 41.7 Å². The molecule has 3 atom stereocenters. The van der Waals surface area contributed by atoms with E-state index in [1.807, 2.05) is 24.4 Å². The third-order valence-electron chi connectivity index (χ3n) is 4.81. The average Bonchev–Trinajstić information content (AvgIpc) is 3.01. The minimum atomic E-state index is -0.108. The molecule has 1 aromatic heterocycles. The number of pyridine rings is 1. The lowest BCUT2D eigenvalue weighted by Crippen LogP contribution is -2.49. The number of hydrogen-bond donors (Lipinski definition) is 1. The monoisotopic (exact) mass is 283 g/mol. The number of fused-ring (bicyclic) bond motifs is 2. The summed E-state index contributed by atoms with van der Waals surface area (Å²) in [6.45, 7) is 2.95. The minimum absolute atomic E-state index is 0.0716. The molecule has 2 fully saturated rings. The number of para-hydroxylation sites is 1. The van der Waals surface area contributed by atoms with Gasteiger partial charge in [0.1, 0.15) is 0 Å². The van der Waals surface area contributed by atoms with Crippen molar-refractivity contribution in [2.45, 2.75) is 31.0 Å². The molecule has 2 N–H and O–H groups in total. The van der Waals surface area contributed by atoms with Crippen molar-refractivity contribution in [3.05, 3.63) is 42.1 Å². The van der Waals surface area contributed by atoms with Crippen molar-refractivity contribution in [2.75, 3.05) is 19.7 Å². The molecule has 2 aliphatic rings. The normalized spacial score (nSPS) is 27.7. The lowest BCUT2D eigenvalue weighted by Gasteiger charge is -2.37. The van der Waals surface area contributed by atoms with Crippen molar-refractivity contribution >= 4 is 10.9 Å². The van der Waals surface area contributed by atoms with Gasteiger partial charge in [-0.05, 0) is 37.1 Å². The molecular weight excluding hydrogens is 262 g/mol. The SMILES string of the molecule is NC(c1cnc2ccccc2c1)C1CN2CCCC2CO1. The van der Waals surface area contributed by atoms with E-state index in [0.29, 0.717) is 6.04 Å². The second kappa shape index (κ2) is 5.37. The van der Waals surface area contributed by atoms with Crippen LogP contribution in [0.3, 0.4) is 0 Å². The van der Waals surface area contributed by atoms with Crippen molar-refractivity contribution in [3.8, 4) is 0 Å². The van der Waals surface area contributed by atoms with Gasteiger partial charge in [-0.1, -0.05) is 18.2 Å². The van der Waals surface area contributed by atoms with E-state index in [1.165, 1.54) is 19.4 Å². The van der Waals surface area contributed by atoms with E-state index in [1.54, 1.807) is 0 Å². The molecule has 4 rings (SSSR count). The maximum Gasteiger partial charge on any atom is 0.0895 e. The topological polar surface area (TPSA) is 51.4 Å². The summed E-state index contributed by atoms with van der Waals surface area (Å²) in [5.41, 5.74) is 8.53. The van der Waals surface area contributed by atoms with E-state index in [2.05, 4.69) is 22.0 Å². The summed E-state index contributed by atoms with van der Waals surface area (Å²) in [6, 6.07) is 10.8. The summed E-state index contributed by atoms with van der Waals surface area (Å²) in [7, 11) is 0. The van der Waals surface area contributed by atoms with Crippen molar-refractivity contribution in [1.82, 2.24) is 9.88 Å². The molecule has 0 spiro atoms. The number of rotatable bonds is 2. The molecule has 4 nitrogen and oxygen atoms in total. The highest BCUT2D eigenvalue weighted by Gasteiger charge is 2.35. The molecule has 3 unspecified atom stereocenters. The van der Waals surface area contributed by atoms with Crippen LogP contribution in [0.25, 0.3) is 10.9 Å². The highest BCUT2D eigenvalue weighted by molar-refractivity contribution is 5.78. The van der Waals surface area contributed by atoms with Crippen LogP contribution >= 0.6 is 0 Å². The van der Waals surface area contributed by atoms with E-state index >= 15 is 0 Å². The van der Waals surface area contributed by atoms with E-state index in [0.717, 1.165) is 29.6 Å². The lowest BCUT2D eigenvalue weighted by atomic mass is 10.0. The number of ether oxygens (including phenoxy) is 1. The standard InChI is InChI=1S/C17H21N3O/c18-17(16-10-20-7-3-5-14(20)11-21-16)13-8-12-4-1-2-6-15(12)19-9-13/h1-2,4,6,8-9,14,16-17H,3,5,7,10-11,18H2. The number of morpholine rings is 1. The first-order valence-electron chi connectivity index (χ1n) is 7.77. The van der Waals surface area contributed by atoms with Gasteiger partial charge >= 0.3 is 0 Å². The Hall–Kier alpha value is -1.49. The second-order valence-corrected chi connectivity index (χ2v) is 6.15. The summed E-state index contributed by atoms with van der Waals surface area (Å²) in [6.07, 6.45) is 4.52. The van der Waals surface area contributed by atoms with Crippen LogP contribution in [0, 0.1) is 0 Å². The smallest absolute Gasteiger partial charge is 0.0895 e. The maximum absolute atomic E-state index is 6.45. The summed E-state index contributed by atoms with van der Waals surface area (Å²) in [5.74, 6) is 0. The van der Waals surface area contributed by atoms with Gasteiger partial charge in [0, 0.05) is 24.2 Å². The Morgan fingerprint density at radius 3 is 3.19 bits per heavy atom. The zero-order valence-corrected chi connectivity index (χ0v) is 12.1. The van der Waals surface area contributed by atoms with Crippen molar-refractivity contribution in [1.29, 1.82) is 0 Å². The van der Waals surface area contributed by atoms with Gasteiger partial charge in [-0.15, -0.1) is 0 Å². The Bertz CT molecular complexity index is 645. The molecule has 2 saturated heterocycles. The minimum Gasteiger partial charge on any atom is -0.373 e. The van der Waals surface area contributed by atoms with E-state index in [4.69, 9.17) is 10.5 Å². The third kappa shape index (κ3) is 2.44. The summed E-state index contributed by atoms with van der Waals surface area (Å²) >= 11 is 0. The summed E-state index contributed by atoms with van der Waals surface area (Å²) < 4.78 is 6.03. The highest BCUT2D eigenvalue weighted by Crippen LogP contribution is 2.28. The zero-order chi connectivity index (χ0) is 14.2. The number of aromatic nitrogens is 1. The fourth-order valence-electron chi connectivity index (χ4n) is 3.54. The molecule has 0 aliphatic carbocycles. The molecule has 0 saturated carbocycles. The van der Waals surface area contributed by atoms with Gasteiger partial charge in [0.15, 0.2) is 0 Å². The maximum atomic E-state index is 6.45. The Morgan fingerprint density at radius 2 is 2.24 bits per heavy atom. The van der Waals surface area contributed by atoms with Crippen LogP contribution in [-0.2, 0) is 4.74 Å². The number of nitrogens with zero attached hydrogens (tertiary/aromatic N) is 2. The predicted molar refractivity (Wildman–Crippen MR) is 83.0 cm³/mol. The van der Waals surface area contributed by atoms with Gasteiger partial charge in [0.25, 0.3) is 0 Å². The first-order valence-corrected chi connectivity index (χ1v) is 7.77. The second-order valence-electron chi connectivity index (χ2n) is 6.15. The Morgan fingerprint density at radius 1 is 1.33 bits per heavy atom. The fraction of sp³-hybridized carbons (Fsp3) is 0.471. The quantitative estimate of drug-likeness (QED) is 0.917. The van der Waals surface area contributed by atoms with Gasteiger partial charge in [-0.25, -0.2) is 0 Å². The molecular formula is C17H21N3O. The molecule has 0 bridgehead atoms.